The maximum atomic E-state index is 12.7. The maximum absolute atomic E-state index is 12.7. The molecule has 134 valence electrons. The van der Waals surface area contributed by atoms with E-state index in [-0.39, 0.29) is 30.8 Å². The van der Waals surface area contributed by atoms with Gasteiger partial charge in [-0.15, -0.1) is 0 Å². The molecule has 2 heterocycles. The summed E-state index contributed by atoms with van der Waals surface area (Å²) < 4.78 is 0. The zero-order chi connectivity index (χ0) is 17.8. The first-order valence-electron chi connectivity index (χ1n) is 8.82. The molecule has 0 bridgehead atoms. The molecule has 0 aliphatic carbocycles. The Morgan fingerprint density at radius 1 is 1.28 bits per heavy atom. The summed E-state index contributed by atoms with van der Waals surface area (Å²) in [7, 11) is 0. The highest BCUT2D eigenvalue weighted by Crippen LogP contribution is 2.23. The van der Waals surface area contributed by atoms with Gasteiger partial charge in [-0.25, -0.2) is 4.79 Å². The highest BCUT2D eigenvalue weighted by atomic mass is 16.2. The van der Waals surface area contributed by atoms with E-state index in [2.05, 4.69) is 22.5 Å². The van der Waals surface area contributed by atoms with Crippen LogP contribution in [0.1, 0.15) is 36.5 Å². The molecule has 25 heavy (non-hydrogen) atoms. The van der Waals surface area contributed by atoms with E-state index in [4.69, 9.17) is 0 Å². The normalized spacial score (nSPS) is 21.3. The van der Waals surface area contributed by atoms with Crippen LogP contribution in [0, 0.1) is 0 Å². The first-order valence-corrected chi connectivity index (χ1v) is 8.82. The highest BCUT2D eigenvalue weighted by molar-refractivity contribution is 6.09. The SMILES string of the molecule is CCCN1CC[C@H](NC(=O)c2ccccc2N2CCC(=O)NC2=O)C1. The number of hydrogen-bond acceptors (Lipinski definition) is 4. The van der Waals surface area contributed by atoms with E-state index < -0.39 is 6.03 Å². The summed E-state index contributed by atoms with van der Waals surface area (Å²) in [5.74, 6) is -0.464. The molecule has 2 fully saturated rings. The number of hydrogen-bond donors (Lipinski definition) is 2. The molecule has 1 aromatic rings. The van der Waals surface area contributed by atoms with Crippen LogP contribution in [0.3, 0.4) is 0 Å². The minimum atomic E-state index is -0.480. The van der Waals surface area contributed by atoms with E-state index in [1.54, 1.807) is 24.3 Å². The van der Waals surface area contributed by atoms with Gasteiger partial charge in [-0.05, 0) is 31.5 Å². The maximum Gasteiger partial charge on any atom is 0.328 e. The second-order valence-electron chi connectivity index (χ2n) is 6.53. The monoisotopic (exact) mass is 344 g/mol. The third-order valence-corrected chi connectivity index (χ3v) is 4.64. The van der Waals surface area contributed by atoms with Crippen LogP contribution >= 0.6 is 0 Å². The standard InChI is InChI=1S/C18H24N4O3/c1-2-9-21-10-7-13(12-21)19-17(24)14-5-3-4-6-15(14)22-11-8-16(23)20-18(22)25/h3-6,13H,2,7-12H2,1H3,(H,19,24)(H,20,23,25)/t13-/m0/s1. The molecule has 0 saturated carbocycles. The lowest BCUT2D eigenvalue weighted by molar-refractivity contribution is -0.120. The molecule has 2 aliphatic heterocycles. The van der Waals surface area contributed by atoms with Crippen molar-refractivity contribution in [1.82, 2.24) is 15.5 Å². The summed E-state index contributed by atoms with van der Waals surface area (Å²) in [5.41, 5.74) is 0.995. The van der Waals surface area contributed by atoms with Crippen LogP contribution in [0.2, 0.25) is 0 Å². The largest absolute Gasteiger partial charge is 0.348 e. The molecule has 0 unspecified atom stereocenters. The zero-order valence-electron chi connectivity index (χ0n) is 14.5. The molecular weight excluding hydrogens is 320 g/mol. The van der Waals surface area contributed by atoms with Gasteiger partial charge in [-0.1, -0.05) is 19.1 Å². The van der Waals surface area contributed by atoms with E-state index in [9.17, 15) is 14.4 Å². The van der Waals surface area contributed by atoms with Crippen molar-refractivity contribution in [2.45, 2.75) is 32.2 Å². The number of para-hydroxylation sites is 1. The topological polar surface area (TPSA) is 81.8 Å². The van der Waals surface area contributed by atoms with E-state index in [0.717, 1.165) is 32.5 Å². The first kappa shape index (κ1) is 17.4. The van der Waals surface area contributed by atoms with Gasteiger partial charge in [0, 0.05) is 32.1 Å². The van der Waals surface area contributed by atoms with E-state index in [1.165, 1.54) is 4.90 Å². The number of likely N-dealkylation sites (tertiary alicyclic amines) is 1. The molecule has 2 saturated heterocycles. The third-order valence-electron chi connectivity index (χ3n) is 4.64. The van der Waals surface area contributed by atoms with Crippen LogP contribution in [-0.4, -0.2) is 55.0 Å². The molecule has 7 heteroatoms. The predicted octanol–water partition coefficient (Wildman–Crippen LogP) is 1.35. The molecule has 7 nitrogen and oxygen atoms in total. The minimum Gasteiger partial charge on any atom is -0.348 e. The smallest absolute Gasteiger partial charge is 0.328 e. The lowest BCUT2D eigenvalue weighted by Crippen LogP contribution is -2.50. The quantitative estimate of drug-likeness (QED) is 0.845. The summed E-state index contributed by atoms with van der Waals surface area (Å²) in [6.45, 7) is 5.34. The number of rotatable bonds is 5. The number of anilines is 1. The summed E-state index contributed by atoms with van der Waals surface area (Å²) in [6.07, 6.45) is 2.27. The molecule has 0 aromatic heterocycles. The van der Waals surface area contributed by atoms with Crippen LogP contribution in [0.25, 0.3) is 0 Å². The number of benzene rings is 1. The van der Waals surface area contributed by atoms with Gasteiger partial charge in [0.15, 0.2) is 0 Å². The molecular formula is C18H24N4O3. The van der Waals surface area contributed by atoms with Crippen molar-refractivity contribution in [3.63, 3.8) is 0 Å². The second kappa shape index (κ2) is 7.65. The summed E-state index contributed by atoms with van der Waals surface area (Å²) in [6, 6.07) is 6.67. The Hall–Kier alpha value is -2.41. The number of carbonyl (C=O) groups is 3. The molecule has 1 atom stereocenters. The van der Waals surface area contributed by atoms with Gasteiger partial charge in [0.05, 0.1) is 11.3 Å². The van der Waals surface area contributed by atoms with E-state index in [1.807, 2.05) is 0 Å². The number of carbonyl (C=O) groups excluding carboxylic acids is 3. The van der Waals surface area contributed by atoms with Gasteiger partial charge in [0.2, 0.25) is 5.91 Å². The highest BCUT2D eigenvalue weighted by Gasteiger charge is 2.29. The van der Waals surface area contributed by atoms with Gasteiger partial charge in [0.1, 0.15) is 0 Å². The van der Waals surface area contributed by atoms with Crippen LogP contribution < -0.4 is 15.5 Å². The fraction of sp³-hybridized carbons (Fsp3) is 0.500. The van der Waals surface area contributed by atoms with Crippen molar-refractivity contribution in [3.05, 3.63) is 29.8 Å². The van der Waals surface area contributed by atoms with Gasteiger partial charge < -0.3 is 10.2 Å². The number of amides is 4. The van der Waals surface area contributed by atoms with Crippen LogP contribution in [0.15, 0.2) is 24.3 Å². The Bertz CT molecular complexity index is 676. The van der Waals surface area contributed by atoms with Crippen molar-refractivity contribution in [3.8, 4) is 0 Å². The third kappa shape index (κ3) is 3.99. The van der Waals surface area contributed by atoms with Crippen molar-refractivity contribution in [2.24, 2.45) is 0 Å². The molecule has 2 aliphatic rings. The Morgan fingerprint density at radius 2 is 2.08 bits per heavy atom. The fourth-order valence-corrected chi connectivity index (χ4v) is 3.43. The van der Waals surface area contributed by atoms with E-state index >= 15 is 0 Å². The van der Waals surface area contributed by atoms with Crippen LogP contribution in [0.4, 0.5) is 10.5 Å². The molecule has 1 aromatic carbocycles. The molecule has 3 rings (SSSR count). The Morgan fingerprint density at radius 3 is 2.84 bits per heavy atom. The average molecular weight is 344 g/mol. The predicted molar refractivity (Wildman–Crippen MR) is 94.5 cm³/mol. The van der Waals surface area contributed by atoms with Gasteiger partial charge in [-0.3, -0.25) is 19.8 Å². The minimum absolute atomic E-state index is 0.129. The molecule has 0 spiro atoms. The van der Waals surface area contributed by atoms with Crippen molar-refractivity contribution < 1.29 is 14.4 Å². The first-order chi connectivity index (χ1) is 12.1. The fourth-order valence-electron chi connectivity index (χ4n) is 3.43. The molecule has 0 radical (unpaired) electrons. The number of urea groups is 1. The van der Waals surface area contributed by atoms with Crippen molar-refractivity contribution in [2.75, 3.05) is 31.1 Å². The van der Waals surface area contributed by atoms with E-state index in [0.29, 0.717) is 11.3 Å². The number of nitrogens with one attached hydrogen (secondary N) is 2. The van der Waals surface area contributed by atoms with Gasteiger partial charge in [0.25, 0.3) is 5.91 Å². The Kier molecular flexibility index (Phi) is 5.33. The van der Waals surface area contributed by atoms with Gasteiger partial charge >= 0.3 is 6.03 Å². The summed E-state index contributed by atoms with van der Waals surface area (Å²) >= 11 is 0. The lowest BCUT2D eigenvalue weighted by atomic mass is 10.1. The molecule has 4 amide bonds. The van der Waals surface area contributed by atoms with Crippen molar-refractivity contribution in [1.29, 1.82) is 0 Å². The number of imide groups is 1. The summed E-state index contributed by atoms with van der Waals surface area (Å²) in [4.78, 5) is 40.0. The zero-order valence-corrected chi connectivity index (χ0v) is 14.5. The van der Waals surface area contributed by atoms with Crippen molar-refractivity contribution >= 4 is 23.5 Å². The van der Waals surface area contributed by atoms with Crippen LogP contribution in [-0.2, 0) is 4.79 Å². The van der Waals surface area contributed by atoms with Gasteiger partial charge in [-0.2, -0.15) is 0 Å². The molecule has 2 N–H and O–H groups in total. The Balaban J connectivity index is 1.71. The Labute approximate surface area is 147 Å². The second-order valence-corrected chi connectivity index (χ2v) is 6.53. The summed E-state index contributed by atoms with van der Waals surface area (Å²) in [5, 5.41) is 5.38. The average Bonchev–Trinajstić information content (AvgIpc) is 3.02. The van der Waals surface area contributed by atoms with Crippen LogP contribution in [0.5, 0.6) is 0 Å². The lowest BCUT2D eigenvalue weighted by Gasteiger charge is -2.28. The number of nitrogens with zero attached hydrogens (tertiary/aromatic N) is 2.